The third-order valence-electron chi connectivity index (χ3n) is 5.48. The molecule has 4 saturated carbocycles. The summed E-state index contributed by atoms with van der Waals surface area (Å²) < 4.78 is 0. The van der Waals surface area contributed by atoms with Gasteiger partial charge in [-0.05, 0) is 73.3 Å². The average molecular weight is 287 g/mol. The smallest absolute Gasteiger partial charge is 0.244 e. The maximum absolute atomic E-state index is 12.1. The van der Waals surface area contributed by atoms with Crippen LogP contribution in [0.5, 0.6) is 0 Å². The van der Waals surface area contributed by atoms with Crippen LogP contribution in [0.4, 0.5) is 0 Å². The molecule has 0 aromatic carbocycles. The molecular formula is C17H21NOS. The van der Waals surface area contributed by atoms with Crippen LogP contribution in [0.1, 0.15) is 37.0 Å². The predicted octanol–water partition coefficient (Wildman–Crippen LogP) is 3.70. The number of rotatable bonds is 3. The summed E-state index contributed by atoms with van der Waals surface area (Å²) in [5, 5.41) is 5.34. The van der Waals surface area contributed by atoms with E-state index in [9.17, 15) is 4.79 Å². The van der Waals surface area contributed by atoms with Crippen molar-refractivity contribution in [1.82, 2.24) is 5.32 Å². The Bertz CT molecular complexity index is 491. The minimum atomic E-state index is 0.0934. The van der Waals surface area contributed by atoms with E-state index in [1.807, 2.05) is 23.6 Å². The highest BCUT2D eigenvalue weighted by atomic mass is 32.1. The first-order valence-corrected chi connectivity index (χ1v) is 8.68. The fourth-order valence-electron chi connectivity index (χ4n) is 4.92. The van der Waals surface area contributed by atoms with Crippen molar-refractivity contribution in [3.8, 4) is 0 Å². The molecule has 1 heterocycles. The van der Waals surface area contributed by atoms with Crippen LogP contribution in [0.15, 0.2) is 23.6 Å². The van der Waals surface area contributed by atoms with Gasteiger partial charge >= 0.3 is 0 Å². The third-order valence-corrected chi connectivity index (χ3v) is 6.32. The Labute approximate surface area is 124 Å². The maximum atomic E-state index is 12.1. The van der Waals surface area contributed by atoms with Crippen LogP contribution in [0.3, 0.4) is 0 Å². The van der Waals surface area contributed by atoms with Gasteiger partial charge in [0.1, 0.15) is 0 Å². The SMILES string of the molecule is O=C(/C=C/c1cccs1)NC1C2CC3CC(C2)CC1C3. The highest BCUT2D eigenvalue weighted by molar-refractivity contribution is 7.10. The van der Waals surface area contributed by atoms with Crippen molar-refractivity contribution in [3.63, 3.8) is 0 Å². The normalized spacial score (nSPS) is 38.5. The molecule has 5 rings (SSSR count). The number of carbonyl (C=O) groups is 1. The number of carbonyl (C=O) groups excluding carboxylic acids is 1. The Morgan fingerprint density at radius 2 is 1.85 bits per heavy atom. The van der Waals surface area contributed by atoms with Crippen molar-refractivity contribution in [2.24, 2.45) is 23.7 Å². The minimum Gasteiger partial charge on any atom is -0.349 e. The van der Waals surface area contributed by atoms with Crippen molar-refractivity contribution in [2.75, 3.05) is 0 Å². The van der Waals surface area contributed by atoms with Crippen LogP contribution in [0.25, 0.3) is 6.08 Å². The molecule has 3 heteroatoms. The molecule has 0 spiro atoms. The van der Waals surface area contributed by atoms with Crippen LogP contribution >= 0.6 is 11.3 Å². The fourth-order valence-corrected chi connectivity index (χ4v) is 5.54. The summed E-state index contributed by atoms with van der Waals surface area (Å²) in [4.78, 5) is 13.3. The fraction of sp³-hybridized carbons (Fsp3) is 0.588. The lowest BCUT2D eigenvalue weighted by Gasteiger charge is -2.54. The van der Waals surface area contributed by atoms with Gasteiger partial charge in [0.05, 0.1) is 0 Å². The van der Waals surface area contributed by atoms with E-state index in [4.69, 9.17) is 0 Å². The average Bonchev–Trinajstić information content (AvgIpc) is 2.93. The standard InChI is InChI=1S/C17H21NOS/c19-16(4-3-15-2-1-5-20-15)18-17-13-7-11-6-12(9-13)10-14(17)8-11/h1-5,11-14,17H,6-10H2,(H,18,19)/b4-3+. The van der Waals surface area contributed by atoms with Crippen LogP contribution in [0, 0.1) is 23.7 Å². The Balaban J connectivity index is 1.40. The van der Waals surface area contributed by atoms with E-state index in [2.05, 4.69) is 5.32 Å². The summed E-state index contributed by atoms with van der Waals surface area (Å²) in [5.41, 5.74) is 0. The lowest BCUT2D eigenvalue weighted by atomic mass is 9.54. The lowest BCUT2D eigenvalue weighted by molar-refractivity contribution is -0.120. The second kappa shape index (κ2) is 5.03. The van der Waals surface area contributed by atoms with E-state index < -0.39 is 0 Å². The molecule has 1 aromatic heterocycles. The van der Waals surface area contributed by atoms with Gasteiger partial charge in [0.15, 0.2) is 0 Å². The van der Waals surface area contributed by atoms with Gasteiger partial charge in [-0.25, -0.2) is 0 Å². The van der Waals surface area contributed by atoms with E-state index in [1.54, 1.807) is 17.4 Å². The molecule has 1 aromatic rings. The minimum absolute atomic E-state index is 0.0934. The molecule has 0 aliphatic heterocycles. The molecular weight excluding hydrogens is 266 g/mol. The number of nitrogens with one attached hydrogen (secondary N) is 1. The molecule has 4 bridgehead atoms. The van der Waals surface area contributed by atoms with Gasteiger partial charge in [-0.15, -0.1) is 11.3 Å². The predicted molar refractivity (Wildman–Crippen MR) is 82.3 cm³/mol. The van der Waals surface area contributed by atoms with Gasteiger partial charge in [-0.2, -0.15) is 0 Å². The van der Waals surface area contributed by atoms with Crippen LogP contribution in [-0.2, 0) is 4.79 Å². The van der Waals surface area contributed by atoms with Gasteiger partial charge in [0, 0.05) is 17.0 Å². The molecule has 0 saturated heterocycles. The quantitative estimate of drug-likeness (QED) is 0.844. The monoisotopic (exact) mass is 287 g/mol. The number of hydrogen-bond donors (Lipinski definition) is 1. The summed E-state index contributed by atoms with van der Waals surface area (Å²) in [6.07, 6.45) is 10.5. The summed E-state index contributed by atoms with van der Waals surface area (Å²) in [5.74, 6) is 3.53. The van der Waals surface area contributed by atoms with Gasteiger partial charge < -0.3 is 5.32 Å². The van der Waals surface area contributed by atoms with Crippen LogP contribution < -0.4 is 5.32 Å². The molecule has 0 unspecified atom stereocenters. The molecule has 2 nitrogen and oxygen atoms in total. The topological polar surface area (TPSA) is 29.1 Å². The van der Waals surface area contributed by atoms with E-state index in [0.717, 1.165) is 28.5 Å². The van der Waals surface area contributed by atoms with Gasteiger partial charge in [-0.3, -0.25) is 4.79 Å². The van der Waals surface area contributed by atoms with E-state index >= 15 is 0 Å². The first-order chi connectivity index (χ1) is 9.78. The van der Waals surface area contributed by atoms with Gasteiger partial charge in [0.2, 0.25) is 5.91 Å². The number of hydrogen-bond acceptors (Lipinski definition) is 2. The highest BCUT2D eigenvalue weighted by Crippen LogP contribution is 2.53. The van der Waals surface area contributed by atoms with Crippen molar-refractivity contribution in [2.45, 2.75) is 38.1 Å². The maximum Gasteiger partial charge on any atom is 0.244 e. The Morgan fingerprint density at radius 1 is 1.15 bits per heavy atom. The largest absolute Gasteiger partial charge is 0.349 e. The van der Waals surface area contributed by atoms with Crippen molar-refractivity contribution < 1.29 is 4.79 Å². The molecule has 1 N–H and O–H groups in total. The zero-order valence-electron chi connectivity index (χ0n) is 11.6. The number of amides is 1. The van der Waals surface area contributed by atoms with Crippen LogP contribution in [0.2, 0.25) is 0 Å². The molecule has 106 valence electrons. The van der Waals surface area contributed by atoms with E-state index in [1.165, 1.54) is 32.1 Å². The van der Waals surface area contributed by atoms with E-state index in [-0.39, 0.29) is 5.91 Å². The summed E-state index contributed by atoms with van der Waals surface area (Å²) in [7, 11) is 0. The summed E-state index contributed by atoms with van der Waals surface area (Å²) in [6, 6.07) is 4.50. The van der Waals surface area contributed by atoms with Crippen molar-refractivity contribution in [3.05, 3.63) is 28.5 Å². The van der Waals surface area contributed by atoms with Gasteiger partial charge in [0.25, 0.3) is 0 Å². The summed E-state index contributed by atoms with van der Waals surface area (Å²) >= 11 is 1.67. The number of thiophene rings is 1. The zero-order chi connectivity index (χ0) is 13.5. The van der Waals surface area contributed by atoms with Gasteiger partial charge in [-0.1, -0.05) is 6.07 Å². The lowest BCUT2D eigenvalue weighted by Crippen LogP contribution is -2.55. The highest BCUT2D eigenvalue weighted by Gasteiger charge is 2.48. The van der Waals surface area contributed by atoms with Crippen molar-refractivity contribution >= 4 is 23.3 Å². The Hall–Kier alpha value is -1.09. The zero-order valence-corrected chi connectivity index (χ0v) is 12.4. The second-order valence-electron chi connectivity index (χ2n) is 6.81. The molecule has 4 aliphatic carbocycles. The molecule has 1 amide bonds. The third kappa shape index (κ3) is 2.32. The molecule has 0 radical (unpaired) electrons. The molecule has 4 fully saturated rings. The van der Waals surface area contributed by atoms with Crippen molar-refractivity contribution in [1.29, 1.82) is 0 Å². The molecule has 4 aliphatic rings. The van der Waals surface area contributed by atoms with E-state index in [0.29, 0.717) is 6.04 Å². The van der Waals surface area contributed by atoms with Crippen LogP contribution in [-0.4, -0.2) is 11.9 Å². The molecule has 20 heavy (non-hydrogen) atoms. The second-order valence-corrected chi connectivity index (χ2v) is 7.79. The Kier molecular flexibility index (Phi) is 3.18. The first-order valence-electron chi connectivity index (χ1n) is 7.80. The molecule has 0 atom stereocenters. The first kappa shape index (κ1) is 12.6. The Morgan fingerprint density at radius 3 is 2.45 bits per heavy atom. The summed E-state index contributed by atoms with van der Waals surface area (Å²) in [6.45, 7) is 0.